The second-order valence-electron chi connectivity index (χ2n) is 9.97. The van der Waals surface area contributed by atoms with Crippen molar-refractivity contribution in [3.63, 3.8) is 0 Å². The Morgan fingerprint density at radius 2 is 1.88 bits per heavy atom. The summed E-state index contributed by atoms with van der Waals surface area (Å²) >= 11 is 0. The Morgan fingerprint density at radius 1 is 1.09 bits per heavy atom. The topological polar surface area (TPSA) is 79.7 Å². The Bertz CT molecular complexity index is 1260. The first-order chi connectivity index (χ1) is 16.5. The number of carbonyl (C=O) groups excluding carboxylic acids is 1. The molecule has 1 spiro atoms. The maximum Gasteiger partial charge on any atom is 0.336 e. The van der Waals surface area contributed by atoms with Crippen molar-refractivity contribution >= 4 is 22.6 Å². The van der Waals surface area contributed by atoms with E-state index in [0.717, 1.165) is 55.4 Å². The standard InChI is InChI=1S/C28H28N2O4/c31-26(25-5-2-14-34-25)30-12-10-28(11-13-30)16-23(28)18-6-8-19(9-7-18)24-15-20-3-1-4-21(27(32)33)22(20)17-29-24/h1,3-4,6-9,15,17,23,25H,2,5,10-14,16H2,(H,32,33)/t23?,25-/m1/s1. The van der Waals surface area contributed by atoms with Crippen LogP contribution < -0.4 is 0 Å². The molecule has 3 heterocycles. The highest BCUT2D eigenvalue weighted by Gasteiger charge is 2.55. The Balaban J connectivity index is 1.14. The van der Waals surface area contributed by atoms with E-state index in [9.17, 15) is 14.7 Å². The van der Waals surface area contributed by atoms with Crippen molar-refractivity contribution in [2.45, 2.75) is 44.1 Å². The molecule has 2 atom stereocenters. The minimum Gasteiger partial charge on any atom is -0.478 e. The number of pyridine rings is 1. The van der Waals surface area contributed by atoms with Crippen LogP contribution in [0.3, 0.4) is 0 Å². The second-order valence-corrected chi connectivity index (χ2v) is 9.97. The predicted octanol–water partition coefficient (Wildman–Crippen LogP) is 4.88. The van der Waals surface area contributed by atoms with Crippen LogP contribution in [0.1, 0.15) is 53.9 Å². The molecule has 2 aliphatic heterocycles. The average molecular weight is 457 g/mol. The minimum absolute atomic E-state index is 0.187. The molecule has 1 aliphatic carbocycles. The van der Waals surface area contributed by atoms with Gasteiger partial charge in [-0.3, -0.25) is 9.78 Å². The molecule has 174 valence electrons. The number of fused-ring (bicyclic) bond motifs is 1. The first-order valence-corrected chi connectivity index (χ1v) is 12.2. The van der Waals surface area contributed by atoms with Gasteiger partial charge in [0.25, 0.3) is 5.91 Å². The molecule has 6 nitrogen and oxygen atoms in total. The third-order valence-electron chi connectivity index (χ3n) is 8.07. The van der Waals surface area contributed by atoms with Crippen LogP contribution in [0, 0.1) is 5.41 Å². The number of carboxylic acid groups (broad SMARTS) is 1. The lowest BCUT2D eigenvalue weighted by molar-refractivity contribution is -0.142. The number of rotatable bonds is 4. The number of hydrogen-bond donors (Lipinski definition) is 1. The van der Waals surface area contributed by atoms with Crippen molar-refractivity contribution in [1.29, 1.82) is 0 Å². The van der Waals surface area contributed by atoms with Crippen LogP contribution in [-0.2, 0) is 9.53 Å². The summed E-state index contributed by atoms with van der Waals surface area (Å²) in [5.41, 5.74) is 3.83. The van der Waals surface area contributed by atoms with Crippen LogP contribution in [0.4, 0.5) is 0 Å². The van der Waals surface area contributed by atoms with Crippen molar-refractivity contribution in [2.75, 3.05) is 19.7 Å². The molecule has 3 fully saturated rings. The van der Waals surface area contributed by atoms with Crippen LogP contribution in [0.5, 0.6) is 0 Å². The molecular formula is C28H28N2O4. The smallest absolute Gasteiger partial charge is 0.336 e. The molecule has 3 aromatic rings. The molecule has 0 radical (unpaired) electrons. The SMILES string of the molecule is O=C(O)c1cccc2cc(-c3ccc(C4CC45CCN(C(=O)[C@H]4CCCO4)CC5)cc3)ncc12. The van der Waals surface area contributed by atoms with E-state index in [4.69, 9.17) is 4.74 Å². The first kappa shape index (κ1) is 21.3. The summed E-state index contributed by atoms with van der Waals surface area (Å²) in [7, 11) is 0. The molecule has 1 saturated carbocycles. The summed E-state index contributed by atoms with van der Waals surface area (Å²) in [5, 5.41) is 10.9. The molecule has 1 N–H and O–H groups in total. The van der Waals surface area contributed by atoms with E-state index in [1.165, 1.54) is 12.0 Å². The zero-order chi connectivity index (χ0) is 23.3. The fourth-order valence-corrected chi connectivity index (χ4v) is 5.92. The van der Waals surface area contributed by atoms with Crippen molar-refractivity contribution in [3.8, 4) is 11.3 Å². The fourth-order valence-electron chi connectivity index (χ4n) is 5.92. The van der Waals surface area contributed by atoms with Gasteiger partial charge in [-0.1, -0.05) is 36.4 Å². The van der Waals surface area contributed by atoms with Gasteiger partial charge < -0.3 is 14.7 Å². The maximum atomic E-state index is 12.7. The molecule has 6 heteroatoms. The molecule has 2 saturated heterocycles. The van der Waals surface area contributed by atoms with Gasteiger partial charge in [0.05, 0.1) is 11.3 Å². The number of likely N-dealkylation sites (tertiary alicyclic amines) is 1. The number of carbonyl (C=O) groups is 2. The number of hydrogen-bond acceptors (Lipinski definition) is 4. The number of amides is 1. The van der Waals surface area contributed by atoms with E-state index < -0.39 is 5.97 Å². The van der Waals surface area contributed by atoms with Crippen LogP contribution in [0.2, 0.25) is 0 Å². The third kappa shape index (κ3) is 3.66. The van der Waals surface area contributed by atoms with Crippen LogP contribution in [0.25, 0.3) is 22.0 Å². The van der Waals surface area contributed by atoms with Crippen molar-refractivity contribution in [2.24, 2.45) is 5.41 Å². The molecular weight excluding hydrogens is 428 g/mol. The van der Waals surface area contributed by atoms with Gasteiger partial charge in [0.2, 0.25) is 0 Å². The van der Waals surface area contributed by atoms with E-state index in [-0.39, 0.29) is 17.6 Å². The Kier molecular flexibility index (Phi) is 5.14. The number of nitrogens with zero attached hydrogens (tertiary/aromatic N) is 2. The lowest BCUT2D eigenvalue weighted by Gasteiger charge is -2.34. The summed E-state index contributed by atoms with van der Waals surface area (Å²) in [6.45, 7) is 2.39. The van der Waals surface area contributed by atoms with Crippen molar-refractivity contribution < 1.29 is 19.4 Å². The average Bonchev–Trinajstić information content (AvgIpc) is 3.28. The highest BCUT2D eigenvalue weighted by atomic mass is 16.5. The van der Waals surface area contributed by atoms with E-state index >= 15 is 0 Å². The second kappa shape index (κ2) is 8.20. The summed E-state index contributed by atoms with van der Waals surface area (Å²) in [4.78, 5) is 30.7. The Labute approximate surface area is 198 Å². The van der Waals surface area contributed by atoms with Crippen molar-refractivity contribution in [1.82, 2.24) is 9.88 Å². The Hall–Kier alpha value is -3.25. The van der Waals surface area contributed by atoms with Crippen LogP contribution >= 0.6 is 0 Å². The molecule has 1 aromatic heterocycles. The van der Waals surface area contributed by atoms with Gasteiger partial charge in [-0.05, 0) is 66.5 Å². The molecule has 1 unspecified atom stereocenters. The number of benzene rings is 2. The Morgan fingerprint density at radius 3 is 2.59 bits per heavy atom. The van der Waals surface area contributed by atoms with Gasteiger partial charge >= 0.3 is 5.97 Å². The monoisotopic (exact) mass is 456 g/mol. The minimum atomic E-state index is -0.940. The molecule has 3 aliphatic rings. The van der Waals surface area contributed by atoms with Gasteiger partial charge in [-0.15, -0.1) is 0 Å². The number of aromatic nitrogens is 1. The first-order valence-electron chi connectivity index (χ1n) is 12.2. The van der Waals surface area contributed by atoms with Gasteiger partial charge in [-0.25, -0.2) is 4.79 Å². The number of piperidine rings is 1. The van der Waals surface area contributed by atoms with E-state index in [1.807, 2.05) is 17.0 Å². The summed E-state index contributed by atoms with van der Waals surface area (Å²) < 4.78 is 5.59. The van der Waals surface area contributed by atoms with E-state index in [2.05, 4.69) is 29.2 Å². The largest absolute Gasteiger partial charge is 0.478 e. The van der Waals surface area contributed by atoms with E-state index in [0.29, 0.717) is 23.3 Å². The van der Waals surface area contributed by atoms with E-state index in [1.54, 1.807) is 18.3 Å². The normalized spacial score (nSPS) is 23.4. The molecule has 1 amide bonds. The zero-order valence-corrected chi connectivity index (χ0v) is 19.1. The summed E-state index contributed by atoms with van der Waals surface area (Å²) in [5.74, 6) is -0.193. The van der Waals surface area contributed by atoms with Gasteiger partial charge in [0.15, 0.2) is 0 Å². The fraction of sp³-hybridized carbons (Fsp3) is 0.393. The highest BCUT2D eigenvalue weighted by molar-refractivity contribution is 6.03. The third-order valence-corrected chi connectivity index (χ3v) is 8.07. The van der Waals surface area contributed by atoms with Crippen LogP contribution in [0.15, 0.2) is 54.7 Å². The van der Waals surface area contributed by atoms with Gasteiger partial charge in [0.1, 0.15) is 6.10 Å². The summed E-state index contributed by atoms with van der Waals surface area (Å²) in [6.07, 6.45) is 6.62. The number of aromatic carboxylic acids is 1. The quantitative estimate of drug-likeness (QED) is 0.606. The van der Waals surface area contributed by atoms with Crippen molar-refractivity contribution in [3.05, 3.63) is 65.9 Å². The van der Waals surface area contributed by atoms with Gasteiger partial charge in [-0.2, -0.15) is 0 Å². The molecule has 2 aromatic carbocycles. The van der Waals surface area contributed by atoms with Crippen LogP contribution in [-0.4, -0.2) is 52.7 Å². The van der Waals surface area contributed by atoms with Gasteiger partial charge in [0, 0.05) is 36.8 Å². The zero-order valence-electron chi connectivity index (χ0n) is 19.1. The lowest BCUT2D eigenvalue weighted by Crippen LogP contribution is -2.44. The molecule has 34 heavy (non-hydrogen) atoms. The number of carboxylic acids is 1. The molecule has 0 bridgehead atoms. The number of ether oxygens (including phenoxy) is 1. The highest BCUT2D eigenvalue weighted by Crippen LogP contribution is 2.65. The maximum absolute atomic E-state index is 12.7. The predicted molar refractivity (Wildman–Crippen MR) is 129 cm³/mol. The lowest BCUT2D eigenvalue weighted by atomic mass is 9.88. The summed E-state index contributed by atoms with van der Waals surface area (Å²) in [6, 6.07) is 15.9. The molecule has 6 rings (SSSR count).